The molecule has 3 aromatic rings. The lowest BCUT2D eigenvalue weighted by Gasteiger charge is -2.15. The van der Waals surface area contributed by atoms with Crippen LogP contribution in [0.1, 0.15) is 28.5 Å². The van der Waals surface area contributed by atoms with Gasteiger partial charge in [-0.2, -0.15) is 5.10 Å². The van der Waals surface area contributed by atoms with Crippen LogP contribution in [0, 0.1) is 6.92 Å². The van der Waals surface area contributed by atoms with E-state index in [2.05, 4.69) is 31.3 Å². The molecule has 2 aromatic heterocycles. The molecule has 0 saturated carbocycles. The number of nitrogens with one attached hydrogen (secondary N) is 1. The van der Waals surface area contributed by atoms with Crippen LogP contribution in [-0.2, 0) is 16.1 Å². The Balaban J connectivity index is 1.98. The van der Waals surface area contributed by atoms with Crippen LogP contribution < -0.4 is 5.32 Å². The molecule has 0 atom stereocenters. The minimum Gasteiger partial charge on any atom is -0.461 e. The third-order valence-corrected chi connectivity index (χ3v) is 4.80. The number of carbonyl (C=O) groups is 2. The van der Waals surface area contributed by atoms with E-state index in [1.54, 1.807) is 43.5 Å². The molecule has 29 heavy (non-hydrogen) atoms. The largest absolute Gasteiger partial charge is 0.461 e. The van der Waals surface area contributed by atoms with Crippen molar-refractivity contribution in [3.63, 3.8) is 0 Å². The Morgan fingerprint density at radius 2 is 2.03 bits per heavy atom. The van der Waals surface area contributed by atoms with Gasteiger partial charge in [-0.25, -0.2) is 9.67 Å². The zero-order chi connectivity index (χ0) is 21.1. The first-order chi connectivity index (χ1) is 13.8. The van der Waals surface area contributed by atoms with Crippen molar-refractivity contribution in [1.82, 2.24) is 14.8 Å². The molecule has 1 aromatic carbocycles. The van der Waals surface area contributed by atoms with E-state index in [0.29, 0.717) is 37.3 Å². The second-order valence-electron chi connectivity index (χ2n) is 6.06. The topological polar surface area (TPSA) is 86.1 Å². The molecule has 2 heterocycles. The first-order valence-electron chi connectivity index (χ1n) is 8.36. The van der Waals surface area contributed by atoms with Gasteiger partial charge in [0.25, 0.3) is 5.91 Å². The van der Waals surface area contributed by atoms with Gasteiger partial charge in [0.2, 0.25) is 0 Å². The van der Waals surface area contributed by atoms with E-state index in [0.717, 1.165) is 0 Å². The maximum Gasteiger partial charge on any atom is 0.302 e. The molecule has 0 bridgehead atoms. The highest BCUT2D eigenvalue weighted by atomic mass is 79.9. The number of hydrogen-bond acceptors (Lipinski definition) is 5. The van der Waals surface area contributed by atoms with Gasteiger partial charge in [-0.05, 0) is 52.7 Å². The Morgan fingerprint density at radius 1 is 1.28 bits per heavy atom. The van der Waals surface area contributed by atoms with Gasteiger partial charge < -0.3 is 10.1 Å². The molecule has 0 aliphatic heterocycles. The fourth-order valence-corrected chi connectivity index (χ4v) is 3.54. The highest BCUT2D eigenvalue weighted by molar-refractivity contribution is 9.10. The average Bonchev–Trinajstić information content (AvgIpc) is 3.04. The van der Waals surface area contributed by atoms with E-state index in [1.807, 2.05) is 0 Å². The van der Waals surface area contributed by atoms with Crippen LogP contribution in [-0.4, -0.2) is 26.6 Å². The quantitative estimate of drug-likeness (QED) is 0.503. The zero-order valence-corrected chi connectivity index (χ0v) is 18.5. The summed E-state index contributed by atoms with van der Waals surface area (Å²) in [5.74, 6) is -0.566. The first kappa shape index (κ1) is 21.3. The number of carbonyl (C=O) groups excluding carboxylic acids is 2. The van der Waals surface area contributed by atoms with Gasteiger partial charge in [0.05, 0.1) is 10.7 Å². The minimum absolute atomic E-state index is 0.0264. The first-order valence-corrected chi connectivity index (χ1v) is 9.91. The Morgan fingerprint density at radius 3 is 2.72 bits per heavy atom. The maximum atomic E-state index is 13.1. The normalized spacial score (nSPS) is 10.7. The Labute approximate surface area is 185 Å². The van der Waals surface area contributed by atoms with Crippen molar-refractivity contribution in [2.45, 2.75) is 20.5 Å². The summed E-state index contributed by atoms with van der Waals surface area (Å²) >= 11 is 15.6. The summed E-state index contributed by atoms with van der Waals surface area (Å²) < 4.78 is 6.87. The molecule has 0 spiro atoms. The number of halogens is 3. The van der Waals surface area contributed by atoms with E-state index < -0.39 is 11.9 Å². The molecule has 0 aliphatic rings. The molecule has 0 saturated heterocycles. The standard InChI is InChI=1S/C19H15BrCl2N4O3/c1-10-6-13(21)7-12(9-29-11(2)27)17(10)24-19(28)15-8-16(20)25-26(15)18-14(22)4-3-5-23-18/h3-8H,9H2,1-2H3,(H,24,28). The van der Waals surface area contributed by atoms with E-state index >= 15 is 0 Å². The number of aromatic nitrogens is 3. The van der Waals surface area contributed by atoms with Gasteiger partial charge >= 0.3 is 5.97 Å². The van der Waals surface area contributed by atoms with Crippen molar-refractivity contribution in [3.05, 3.63) is 68.0 Å². The molecule has 0 aliphatic carbocycles. The number of pyridine rings is 1. The van der Waals surface area contributed by atoms with Crippen LogP contribution in [0.15, 0.2) is 41.1 Å². The van der Waals surface area contributed by atoms with Crippen molar-refractivity contribution in [2.24, 2.45) is 0 Å². The summed E-state index contributed by atoms with van der Waals surface area (Å²) in [7, 11) is 0. The number of rotatable bonds is 5. The number of benzene rings is 1. The minimum atomic E-state index is -0.445. The van der Waals surface area contributed by atoms with Crippen LogP contribution >= 0.6 is 39.1 Å². The van der Waals surface area contributed by atoms with E-state index in [4.69, 9.17) is 27.9 Å². The van der Waals surface area contributed by atoms with Gasteiger partial charge in [0.1, 0.15) is 16.9 Å². The summed E-state index contributed by atoms with van der Waals surface area (Å²) in [4.78, 5) is 28.5. The van der Waals surface area contributed by atoms with Crippen LogP contribution in [0.2, 0.25) is 10.0 Å². The lowest BCUT2D eigenvalue weighted by molar-refractivity contribution is -0.142. The Hall–Kier alpha value is -2.42. The summed E-state index contributed by atoms with van der Waals surface area (Å²) in [6.45, 7) is 3.07. The number of esters is 1. The van der Waals surface area contributed by atoms with Crippen LogP contribution in [0.3, 0.4) is 0 Å². The lowest BCUT2D eigenvalue weighted by atomic mass is 10.1. The molecule has 1 amide bonds. The van der Waals surface area contributed by atoms with Crippen LogP contribution in [0.25, 0.3) is 5.82 Å². The highest BCUT2D eigenvalue weighted by Gasteiger charge is 2.20. The van der Waals surface area contributed by atoms with E-state index in [1.165, 1.54) is 11.6 Å². The third-order valence-electron chi connectivity index (χ3n) is 3.90. The Bertz CT molecular complexity index is 1100. The van der Waals surface area contributed by atoms with Crippen molar-refractivity contribution in [2.75, 3.05) is 5.32 Å². The number of hydrogen-bond donors (Lipinski definition) is 1. The fraction of sp³-hybridized carbons (Fsp3) is 0.158. The highest BCUT2D eigenvalue weighted by Crippen LogP contribution is 2.28. The molecule has 3 rings (SSSR count). The molecule has 0 radical (unpaired) electrons. The fourth-order valence-electron chi connectivity index (χ4n) is 2.67. The SMILES string of the molecule is CC(=O)OCc1cc(Cl)cc(C)c1NC(=O)c1cc(Br)nn1-c1ncccc1Cl. The van der Waals surface area contributed by atoms with Crippen molar-refractivity contribution >= 4 is 56.7 Å². The summed E-state index contributed by atoms with van der Waals surface area (Å²) in [5.41, 5.74) is 2.00. The van der Waals surface area contributed by atoms with E-state index in [-0.39, 0.29) is 12.3 Å². The smallest absolute Gasteiger partial charge is 0.302 e. The van der Waals surface area contributed by atoms with Gasteiger partial charge in [0, 0.05) is 29.8 Å². The van der Waals surface area contributed by atoms with Gasteiger partial charge in [-0.3, -0.25) is 9.59 Å². The number of ether oxygens (including phenoxy) is 1. The number of amides is 1. The molecule has 0 fully saturated rings. The van der Waals surface area contributed by atoms with E-state index in [9.17, 15) is 9.59 Å². The number of aryl methyl sites for hydroxylation is 1. The third kappa shape index (κ3) is 4.95. The second kappa shape index (κ2) is 8.94. The van der Waals surface area contributed by atoms with Crippen molar-refractivity contribution in [3.8, 4) is 5.82 Å². The number of nitrogens with zero attached hydrogens (tertiary/aromatic N) is 3. The van der Waals surface area contributed by atoms with Gasteiger partial charge in [-0.15, -0.1) is 0 Å². The molecular weight excluding hydrogens is 483 g/mol. The van der Waals surface area contributed by atoms with Gasteiger partial charge in [0.15, 0.2) is 5.82 Å². The molecular formula is C19H15BrCl2N4O3. The second-order valence-corrected chi connectivity index (χ2v) is 7.72. The van der Waals surface area contributed by atoms with Crippen molar-refractivity contribution in [1.29, 1.82) is 0 Å². The summed E-state index contributed by atoms with van der Waals surface area (Å²) in [6, 6.07) is 8.23. The van der Waals surface area contributed by atoms with Crippen LogP contribution in [0.4, 0.5) is 5.69 Å². The van der Waals surface area contributed by atoms with Gasteiger partial charge in [-0.1, -0.05) is 23.2 Å². The lowest BCUT2D eigenvalue weighted by Crippen LogP contribution is -2.19. The summed E-state index contributed by atoms with van der Waals surface area (Å²) in [6.07, 6.45) is 1.55. The van der Waals surface area contributed by atoms with Crippen LogP contribution in [0.5, 0.6) is 0 Å². The van der Waals surface area contributed by atoms with Crippen molar-refractivity contribution < 1.29 is 14.3 Å². The monoisotopic (exact) mass is 496 g/mol. The zero-order valence-electron chi connectivity index (χ0n) is 15.4. The molecule has 150 valence electrons. The maximum absolute atomic E-state index is 13.1. The predicted octanol–water partition coefficient (Wildman–Crippen LogP) is 4.96. The average molecular weight is 498 g/mol. The Kier molecular flexibility index (Phi) is 6.56. The summed E-state index contributed by atoms with van der Waals surface area (Å²) in [5, 5.41) is 7.92. The molecule has 7 nitrogen and oxygen atoms in total. The number of anilines is 1. The molecule has 10 heteroatoms. The molecule has 1 N–H and O–H groups in total. The predicted molar refractivity (Wildman–Crippen MR) is 114 cm³/mol. The molecule has 0 unspecified atom stereocenters.